The normalized spacial score (nSPS) is 13.9. The molecule has 0 aliphatic carbocycles. The molecule has 4 aromatic rings. The van der Waals surface area contributed by atoms with Gasteiger partial charge in [-0.25, -0.2) is 4.98 Å². The second-order valence-corrected chi connectivity index (χ2v) is 8.32. The van der Waals surface area contributed by atoms with Gasteiger partial charge in [0.25, 0.3) is 0 Å². The predicted octanol–water partition coefficient (Wildman–Crippen LogP) is 5.17. The van der Waals surface area contributed by atoms with Crippen LogP contribution >= 0.6 is 35.3 Å². The summed E-state index contributed by atoms with van der Waals surface area (Å²) in [5.41, 5.74) is 5.34. The van der Waals surface area contributed by atoms with Crippen LogP contribution in [0.1, 0.15) is 17.0 Å². The number of halogens is 2. The third kappa shape index (κ3) is 3.52. The standard InChI is InChI=1S/C21H16ClN5S.ClH/c1-27-11-16-7-13(6-15(10-23)19(16)26-27)14-8-17(22)20-18(9-14)28-21(25-20)12-2-4-24-5-3-12;/h2,6-9,11,24H,3-5H2,1H3;1H. The molecule has 0 saturated heterocycles. The van der Waals surface area contributed by atoms with E-state index in [0.29, 0.717) is 10.6 Å². The Morgan fingerprint density at radius 3 is 2.79 bits per heavy atom. The zero-order chi connectivity index (χ0) is 19.3. The highest BCUT2D eigenvalue weighted by molar-refractivity contribution is 7.19. The van der Waals surface area contributed by atoms with Crippen molar-refractivity contribution >= 4 is 62.0 Å². The summed E-state index contributed by atoms with van der Waals surface area (Å²) in [7, 11) is 1.86. The zero-order valence-electron chi connectivity index (χ0n) is 15.6. The first kappa shape index (κ1) is 19.9. The van der Waals surface area contributed by atoms with Crippen molar-refractivity contribution in [3.8, 4) is 17.2 Å². The topological polar surface area (TPSA) is 66.5 Å². The number of aromatic nitrogens is 3. The third-order valence-electron chi connectivity index (χ3n) is 4.96. The van der Waals surface area contributed by atoms with Crippen molar-refractivity contribution in [1.82, 2.24) is 20.1 Å². The van der Waals surface area contributed by atoms with Crippen LogP contribution in [0.5, 0.6) is 0 Å². The Morgan fingerprint density at radius 1 is 1.21 bits per heavy atom. The highest BCUT2D eigenvalue weighted by Crippen LogP contribution is 2.37. The molecule has 1 N–H and O–H groups in total. The van der Waals surface area contributed by atoms with Crippen LogP contribution in [0.4, 0.5) is 0 Å². The summed E-state index contributed by atoms with van der Waals surface area (Å²) < 4.78 is 2.79. The lowest BCUT2D eigenvalue weighted by Gasteiger charge is -2.10. The molecule has 0 radical (unpaired) electrons. The van der Waals surface area contributed by atoms with Crippen LogP contribution in [0.25, 0.3) is 37.8 Å². The van der Waals surface area contributed by atoms with Crippen molar-refractivity contribution in [3.05, 3.63) is 52.1 Å². The number of thiazole rings is 1. The molecule has 3 heterocycles. The fourth-order valence-corrected chi connectivity index (χ4v) is 5.03. The average Bonchev–Trinajstić information content (AvgIpc) is 3.30. The summed E-state index contributed by atoms with van der Waals surface area (Å²) in [5, 5.41) is 19.9. The molecule has 5 rings (SSSR count). The maximum absolute atomic E-state index is 9.55. The quantitative estimate of drug-likeness (QED) is 0.465. The van der Waals surface area contributed by atoms with Crippen LogP contribution in [0.3, 0.4) is 0 Å². The highest BCUT2D eigenvalue weighted by atomic mass is 35.5. The summed E-state index contributed by atoms with van der Waals surface area (Å²) in [6, 6.07) is 10.2. The number of fused-ring (bicyclic) bond motifs is 2. The summed E-state index contributed by atoms with van der Waals surface area (Å²) in [4.78, 5) is 4.78. The van der Waals surface area contributed by atoms with Gasteiger partial charge in [-0.1, -0.05) is 17.7 Å². The van der Waals surface area contributed by atoms with Crippen LogP contribution < -0.4 is 5.32 Å². The summed E-state index contributed by atoms with van der Waals surface area (Å²) >= 11 is 8.26. The molecule has 1 aliphatic heterocycles. The van der Waals surface area contributed by atoms with Crippen LogP contribution in [0.2, 0.25) is 5.02 Å². The minimum absolute atomic E-state index is 0. The van der Waals surface area contributed by atoms with Crippen LogP contribution in [0, 0.1) is 11.3 Å². The fourth-order valence-electron chi connectivity index (χ4n) is 3.62. The largest absolute Gasteiger partial charge is 0.313 e. The molecule has 2 aromatic heterocycles. The fraction of sp³-hybridized carbons (Fsp3) is 0.190. The maximum Gasteiger partial charge on any atom is 0.120 e. The van der Waals surface area contributed by atoms with E-state index in [-0.39, 0.29) is 12.4 Å². The molecular weight excluding hydrogens is 425 g/mol. The molecule has 0 atom stereocenters. The Kier molecular flexibility index (Phi) is 5.32. The predicted molar refractivity (Wildman–Crippen MR) is 122 cm³/mol. The van der Waals surface area contributed by atoms with Gasteiger partial charge >= 0.3 is 0 Å². The smallest absolute Gasteiger partial charge is 0.120 e. The van der Waals surface area contributed by atoms with E-state index in [1.807, 2.05) is 25.4 Å². The number of nitrogens with one attached hydrogen (secondary N) is 1. The lowest BCUT2D eigenvalue weighted by atomic mass is 10.0. The monoisotopic (exact) mass is 441 g/mol. The Balaban J connectivity index is 0.00000205. The first-order chi connectivity index (χ1) is 13.6. The van der Waals surface area contributed by atoms with E-state index in [1.54, 1.807) is 16.0 Å². The van der Waals surface area contributed by atoms with Crippen molar-refractivity contribution in [2.45, 2.75) is 6.42 Å². The molecule has 0 amide bonds. The van der Waals surface area contributed by atoms with E-state index in [1.165, 1.54) is 5.57 Å². The van der Waals surface area contributed by atoms with Gasteiger partial charge in [-0.3, -0.25) is 4.68 Å². The number of aryl methyl sites for hydroxylation is 1. The minimum Gasteiger partial charge on any atom is -0.313 e. The second-order valence-electron chi connectivity index (χ2n) is 6.88. The molecule has 8 heteroatoms. The van der Waals surface area contributed by atoms with E-state index in [4.69, 9.17) is 16.6 Å². The summed E-state index contributed by atoms with van der Waals surface area (Å²) in [6.45, 7) is 1.86. The van der Waals surface area contributed by atoms with E-state index < -0.39 is 0 Å². The second kappa shape index (κ2) is 7.77. The van der Waals surface area contributed by atoms with Crippen LogP contribution in [-0.2, 0) is 7.05 Å². The van der Waals surface area contributed by atoms with Crippen molar-refractivity contribution in [1.29, 1.82) is 5.26 Å². The Morgan fingerprint density at radius 2 is 2.03 bits per heavy atom. The SMILES string of the molecule is Cl.Cn1cc2cc(-c3cc(Cl)c4nc(C5=CCNCC5)sc4c3)cc(C#N)c2n1. The molecule has 0 unspecified atom stereocenters. The number of rotatable bonds is 2. The summed E-state index contributed by atoms with van der Waals surface area (Å²) in [5.74, 6) is 0. The van der Waals surface area contributed by atoms with Crippen molar-refractivity contribution in [2.75, 3.05) is 13.1 Å². The van der Waals surface area contributed by atoms with Gasteiger partial charge in [0.05, 0.1) is 15.3 Å². The number of benzene rings is 2. The molecule has 0 fully saturated rings. The number of hydrogen-bond donors (Lipinski definition) is 1. The molecule has 5 nitrogen and oxygen atoms in total. The van der Waals surface area contributed by atoms with Gasteiger partial charge in [0, 0.05) is 25.2 Å². The Bertz CT molecular complexity index is 1310. The molecular formula is C21H17Cl2N5S. The van der Waals surface area contributed by atoms with E-state index in [2.05, 4.69) is 34.7 Å². The number of nitriles is 1. The van der Waals surface area contributed by atoms with Crippen molar-refractivity contribution in [2.24, 2.45) is 7.05 Å². The van der Waals surface area contributed by atoms with Gasteiger partial charge in [-0.15, -0.1) is 23.7 Å². The van der Waals surface area contributed by atoms with Gasteiger partial charge < -0.3 is 5.32 Å². The average molecular weight is 442 g/mol. The Hall–Kier alpha value is -2.43. The third-order valence-corrected chi connectivity index (χ3v) is 6.33. The molecule has 29 heavy (non-hydrogen) atoms. The molecule has 1 aliphatic rings. The minimum atomic E-state index is 0. The molecule has 2 aromatic carbocycles. The first-order valence-electron chi connectivity index (χ1n) is 9.00. The van der Waals surface area contributed by atoms with Crippen LogP contribution in [0.15, 0.2) is 36.5 Å². The van der Waals surface area contributed by atoms with Gasteiger partial charge in [0.1, 0.15) is 22.1 Å². The molecule has 146 valence electrons. The van der Waals surface area contributed by atoms with E-state index in [9.17, 15) is 5.26 Å². The maximum atomic E-state index is 9.55. The first-order valence-corrected chi connectivity index (χ1v) is 10.2. The Labute approximate surface area is 183 Å². The number of hydrogen-bond acceptors (Lipinski definition) is 5. The highest BCUT2D eigenvalue weighted by Gasteiger charge is 2.16. The molecule has 0 saturated carbocycles. The molecule has 0 bridgehead atoms. The lowest BCUT2D eigenvalue weighted by molar-refractivity contribution is 0.738. The van der Waals surface area contributed by atoms with Gasteiger partial charge in [0.15, 0.2) is 0 Å². The summed E-state index contributed by atoms with van der Waals surface area (Å²) in [6.07, 6.45) is 5.10. The van der Waals surface area contributed by atoms with Crippen molar-refractivity contribution < 1.29 is 0 Å². The van der Waals surface area contributed by atoms with E-state index in [0.717, 1.165) is 56.8 Å². The van der Waals surface area contributed by atoms with Gasteiger partial charge in [-0.05, 0) is 53.9 Å². The molecule has 0 spiro atoms. The van der Waals surface area contributed by atoms with E-state index >= 15 is 0 Å². The van der Waals surface area contributed by atoms with Crippen molar-refractivity contribution in [3.63, 3.8) is 0 Å². The zero-order valence-corrected chi connectivity index (χ0v) is 18.0. The van der Waals surface area contributed by atoms with Gasteiger partial charge in [0.2, 0.25) is 0 Å². The van der Waals surface area contributed by atoms with Crippen LogP contribution in [-0.4, -0.2) is 27.9 Å². The number of nitrogens with zero attached hydrogens (tertiary/aromatic N) is 4. The van der Waals surface area contributed by atoms with Gasteiger partial charge in [-0.2, -0.15) is 10.4 Å². The lowest BCUT2D eigenvalue weighted by Crippen LogP contribution is -2.19.